The highest BCUT2D eigenvalue weighted by molar-refractivity contribution is 5.98. The standard InChI is InChI=1S/C18H22FNO4/c1-2-3-13-10-20(11-15(13)18(23)24)17(22)9-8-16(21)12-4-6-14(19)7-5-12/h4-7,13,15H,2-3,8-11H2,1H3,(H,23,24)/t13-,15-/m1/s1. The van der Waals surface area contributed by atoms with E-state index in [-0.39, 0.29) is 37.0 Å². The summed E-state index contributed by atoms with van der Waals surface area (Å²) in [4.78, 5) is 37.2. The third-order valence-corrected chi connectivity index (χ3v) is 4.50. The van der Waals surface area contributed by atoms with E-state index in [1.54, 1.807) is 4.90 Å². The number of carbonyl (C=O) groups excluding carboxylic acids is 2. The minimum atomic E-state index is -0.869. The smallest absolute Gasteiger partial charge is 0.308 e. The Balaban J connectivity index is 1.89. The SMILES string of the molecule is CCC[C@@H]1CN(C(=O)CCC(=O)c2ccc(F)cc2)C[C@H]1C(=O)O. The molecule has 6 heteroatoms. The fraction of sp³-hybridized carbons (Fsp3) is 0.500. The Hall–Kier alpha value is -2.24. The number of aliphatic carboxylic acids is 1. The molecular weight excluding hydrogens is 313 g/mol. The van der Waals surface area contributed by atoms with Crippen molar-refractivity contribution >= 4 is 17.7 Å². The minimum Gasteiger partial charge on any atom is -0.481 e. The lowest BCUT2D eigenvalue weighted by Crippen LogP contribution is -2.30. The van der Waals surface area contributed by atoms with Gasteiger partial charge in [0.25, 0.3) is 0 Å². The molecule has 0 aromatic heterocycles. The number of hydrogen-bond donors (Lipinski definition) is 1. The molecule has 0 aliphatic carbocycles. The van der Waals surface area contributed by atoms with Crippen molar-refractivity contribution in [1.29, 1.82) is 0 Å². The van der Waals surface area contributed by atoms with Crippen molar-refractivity contribution in [2.75, 3.05) is 13.1 Å². The third-order valence-electron chi connectivity index (χ3n) is 4.50. The Labute approximate surface area is 140 Å². The molecule has 1 N–H and O–H groups in total. The summed E-state index contributed by atoms with van der Waals surface area (Å²) >= 11 is 0. The molecule has 24 heavy (non-hydrogen) atoms. The quantitative estimate of drug-likeness (QED) is 0.778. The summed E-state index contributed by atoms with van der Waals surface area (Å²) < 4.78 is 12.8. The predicted molar refractivity (Wildman–Crippen MR) is 86.1 cm³/mol. The van der Waals surface area contributed by atoms with E-state index in [0.29, 0.717) is 12.1 Å². The maximum atomic E-state index is 12.8. The Kier molecular flexibility index (Phi) is 6.06. The van der Waals surface area contributed by atoms with Crippen LogP contribution in [0.15, 0.2) is 24.3 Å². The van der Waals surface area contributed by atoms with Gasteiger partial charge in [-0.1, -0.05) is 13.3 Å². The number of ketones is 1. The topological polar surface area (TPSA) is 74.7 Å². The van der Waals surface area contributed by atoms with Gasteiger partial charge in [-0.3, -0.25) is 14.4 Å². The van der Waals surface area contributed by atoms with Crippen molar-refractivity contribution in [1.82, 2.24) is 4.90 Å². The molecule has 2 atom stereocenters. The molecule has 1 heterocycles. The first-order valence-electron chi connectivity index (χ1n) is 8.21. The number of carboxylic acids is 1. The van der Waals surface area contributed by atoms with E-state index in [1.807, 2.05) is 6.92 Å². The van der Waals surface area contributed by atoms with Crippen LogP contribution in [0.5, 0.6) is 0 Å². The van der Waals surface area contributed by atoms with Crippen molar-refractivity contribution in [2.24, 2.45) is 11.8 Å². The number of benzene rings is 1. The zero-order valence-corrected chi connectivity index (χ0v) is 13.7. The molecule has 1 amide bonds. The van der Waals surface area contributed by atoms with Crippen LogP contribution in [0.1, 0.15) is 43.0 Å². The number of carboxylic acid groups (broad SMARTS) is 1. The number of rotatable bonds is 7. The van der Waals surface area contributed by atoms with E-state index in [0.717, 1.165) is 12.8 Å². The molecule has 2 rings (SSSR count). The Bertz CT molecular complexity index is 614. The number of nitrogens with zero attached hydrogens (tertiary/aromatic N) is 1. The minimum absolute atomic E-state index is 0.0238. The molecule has 1 aliphatic heterocycles. The lowest BCUT2D eigenvalue weighted by molar-refractivity contribution is -0.142. The van der Waals surface area contributed by atoms with Crippen molar-refractivity contribution in [3.05, 3.63) is 35.6 Å². The van der Waals surface area contributed by atoms with Crippen molar-refractivity contribution in [3.63, 3.8) is 0 Å². The average Bonchev–Trinajstić information content (AvgIpc) is 2.97. The molecular formula is C18H22FNO4. The lowest BCUT2D eigenvalue weighted by atomic mass is 9.92. The van der Waals surface area contributed by atoms with Gasteiger partial charge in [0.2, 0.25) is 5.91 Å². The van der Waals surface area contributed by atoms with Gasteiger partial charge < -0.3 is 10.0 Å². The molecule has 1 aliphatic rings. The second-order valence-electron chi connectivity index (χ2n) is 6.22. The summed E-state index contributed by atoms with van der Waals surface area (Å²) in [5.74, 6) is -2.25. The van der Waals surface area contributed by atoms with E-state index in [1.165, 1.54) is 24.3 Å². The highest BCUT2D eigenvalue weighted by Gasteiger charge is 2.38. The van der Waals surface area contributed by atoms with E-state index >= 15 is 0 Å². The zero-order valence-electron chi connectivity index (χ0n) is 13.7. The first kappa shape index (κ1) is 18.1. The van der Waals surface area contributed by atoms with E-state index in [4.69, 9.17) is 0 Å². The third kappa shape index (κ3) is 4.40. The molecule has 0 radical (unpaired) electrons. The first-order chi connectivity index (χ1) is 11.4. The molecule has 0 spiro atoms. The predicted octanol–water partition coefficient (Wildman–Crippen LogP) is 2.75. The lowest BCUT2D eigenvalue weighted by Gasteiger charge is -2.16. The number of halogens is 1. The van der Waals surface area contributed by atoms with E-state index < -0.39 is 17.7 Å². The van der Waals surface area contributed by atoms with Gasteiger partial charge in [-0.15, -0.1) is 0 Å². The van der Waals surface area contributed by atoms with Crippen LogP contribution in [0, 0.1) is 17.7 Å². The van der Waals surface area contributed by atoms with Gasteiger partial charge in [-0.25, -0.2) is 4.39 Å². The van der Waals surface area contributed by atoms with Gasteiger partial charge in [0, 0.05) is 31.5 Å². The molecule has 1 saturated heterocycles. The second kappa shape index (κ2) is 8.04. The van der Waals surface area contributed by atoms with Crippen LogP contribution in [-0.4, -0.2) is 40.8 Å². The zero-order chi connectivity index (χ0) is 17.7. The monoisotopic (exact) mass is 335 g/mol. The Morgan fingerprint density at radius 3 is 2.42 bits per heavy atom. The van der Waals surface area contributed by atoms with Gasteiger partial charge in [0.1, 0.15) is 5.82 Å². The van der Waals surface area contributed by atoms with Gasteiger partial charge >= 0.3 is 5.97 Å². The molecule has 130 valence electrons. The van der Waals surface area contributed by atoms with Crippen molar-refractivity contribution < 1.29 is 23.9 Å². The van der Waals surface area contributed by atoms with Gasteiger partial charge in [0.15, 0.2) is 5.78 Å². The molecule has 1 aromatic carbocycles. The highest BCUT2D eigenvalue weighted by atomic mass is 19.1. The number of carbonyl (C=O) groups is 3. The van der Waals surface area contributed by atoms with Crippen LogP contribution in [-0.2, 0) is 9.59 Å². The van der Waals surface area contributed by atoms with Gasteiger partial charge in [-0.2, -0.15) is 0 Å². The first-order valence-corrected chi connectivity index (χ1v) is 8.21. The van der Waals surface area contributed by atoms with Crippen LogP contribution in [0.2, 0.25) is 0 Å². The Morgan fingerprint density at radius 1 is 1.17 bits per heavy atom. The van der Waals surface area contributed by atoms with Crippen molar-refractivity contribution in [2.45, 2.75) is 32.6 Å². The Morgan fingerprint density at radius 2 is 1.83 bits per heavy atom. The van der Waals surface area contributed by atoms with Crippen molar-refractivity contribution in [3.8, 4) is 0 Å². The second-order valence-corrected chi connectivity index (χ2v) is 6.22. The average molecular weight is 335 g/mol. The maximum Gasteiger partial charge on any atom is 0.308 e. The summed E-state index contributed by atoms with van der Waals surface area (Å²) in [6.45, 7) is 2.64. The van der Waals surface area contributed by atoms with Gasteiger partial charge in [-0.05, 0) is 36.6 Å². The molecule has 1 aromatic rings. The molecule has 0 bridgehead atoms. The summed E-state index contributed by atoms with van der Waals surface area (Å²) in [5, 5.41) is 9.28. The number of likely N-dealkylation sites (tertiary alicyclic amines) is 1. The highest BCUT2D eigenvalue weighted by Crippen LogP contribution is 2.28. The number of hydrogen-bond acceptors (Lipinski definition) is 3. The van der Waals surface area contributed by atoms with Crippen LogP contribution in [0.4, 0.5) is 4.39 Å². The van der Waals surface area contributed by atoms with E-state index in [2.05, 4.69) is 0 Å². The van der Waals surface area contributed by atoms with E-state index in [9.17, 15) is 23.9 Å². The molecule has 1 fully saturated rings. The van der Waals surface area contributed by atoms with Crippen LogP contribution in [0.25, 0.3) is 0 Å². The maximum absolute atomic E-state index is 12.8. The van der Waals surface area contributed by atoms with Crippen LogP contribution >= 0.6 is 0 Å². The summed E-state index contributed by atoms with van der Waals surface area (Å²) in [6, 6.07) is 5.22. The fourth-order valence-corrected chi connectivity index (χ4v) is 3.18. The fourth-order valence-electron chi connectivity index (χ4n) is 3.18. The normalized spacial score (nSPS) is 20.2. The van der Waals surface area contributed by atoms with Gasteiger partial charge in [0.05, 0.1) is 5.92 Å². The summed E-state index contributed by atoms with van der Waals surface area (Å²) in [7, 11) is 0. The van der Waals surface area contributed by atoms with Crippen LogP contribution in [0.3, 0.4) is 0 Å². The summed E-state index contributed by atoms with van der Waals surface area (Å²) in [5.41, 5.74) is 0.373. The number of Topliss-reactive ketones (excluding diaryl/α,β-unsaturated/α-hetero) is 1. The number of amides is 1. The largest absolute Gasteiger partial charge is 0.481 e. The van der Waals surface area contributed by atoms with Crippen LogP contribution < -0.4 is 0 Å². The molecule has 5 nitrogen and oxygen atoms in total. The molecule has 0 saturated carbocycles. The summed E-state index contributed by atoms with van der Waals surface area (Å²) in [6.07, 6.45) is 1.73. The molecule has 0 unspecified atom stereocenters.